The largest absolute Gasteiger partial charge is 0.316 e. The predicted molar refractivity (Wildman–Crippen MR) is 88.5 cm³/mol. The summed E-state index contributed by atoms with van der Waals surface area (Å²) in [4.78, 5) is 0. The van der Waals surface area contributed by atoms with Crippen molar-refractivity contribution >= 4 is 11.6 Å². The fraction of sp³-hybridized carbons (Fsp3) is 0.667. The molecule has 0 heterocycles. The average molecular weight is 294 g/mol. The van der Waals surface area contributed by atoms with Gasteiger partial charge in [0.2, 0.25) is 0 Å². The molecule has 0 saturated heterocycles. The summed E-state index contributed by atoms with van der Waals surface area (Å²) in [6.45, 7) is 6.76. The maximum Gasteiger partial charge on any atom is 0.0406 e. The van der Waals surface area contributed by atoms with E-state index < -0.39 is 0 Å². The van der Waals surface area contributed by atoms with Crippen molar-refractivity contribution < 1.29 is 0 Å². The molecule has 0 bridgehead atoms. The summed E-state index contributed by atoms with van der Waals surface area (Å²) < 4.78 is 0. The Morgan fingerprint density at radius 3 is 2.20 bits per heavy atom. The van der Waals surface area contributed by atoms with Crippen LogP contribution in [0.1, 0.15) is 57.9 Å². The predicted octanol–water partition coefficient (Wildman–Crippen LogP) is 5.18. The van der Waals surface area contributed by atoms with Gasteiger partial charge >= 0.3 is 0 Å². The second kappa shape index (κ2) is 7.47. The summed E-state index contributed by atoms with van der Waals surface area (Å²) in [6.07, 6.45) is 8.09. The number of benzene rings is 1. The molecule has 1 saturated carbocycles. The van der Waals surface area contributed by atoms with E-state index in [0.717, 1.165) is 18.1 Å². The van der Waals surface area contributed by atoms with Crippen LogP contribution in [0.3, 0.4) is 0 Å². The van der Waals surface area contributed by atoms with E-state index >= 15 is 0 Å². The Labute approximate surface area is 129 Å². The van der Waals surface area contributed by atoms with Crippen molar-refractivity contribution in [3.8, 4) is 0 Å². The first-order chi connectivity index (χ1) is 9.62. The van der Waals surface area contributed by atoms with Crippen LogP contribution in [0.25, 0.3) is 0 Å². The monoisotopic (exact) mass is 293 g/mol. The van der Waals surface area contributed by atoms with E-state index in [1.54, 1.807) is 0 Å². The van der Waals surface area contributed by atoms with Crippen LogP contribution in [0.4, 0.5) is 0 Å². The summed E-state index contributed by atoms with van der Waals surface area (Å²) in [5.41, 5.74) is 1.79. The van der Waals surface area contributed by atoms with Gasteiger partial charge in [0.25, 0.3) is 0 Å². The number of hydrogen-bond acceptors (Lipinski definition) is 1. The molecule has 1 aromatic carbocycles. The summed E-state index contributed by atoms with van der Waals surface area (Å²) >= 11 is 6.06. The molecule has 112 valence electrons. The van der Waals surface area contributed by atoms with Gasteiger partial charge in [-0.1, -0.05) is 63.3 Å². The standard InChI is InChI=1S/C18H28ClN/c1-15(2)13-20-14-18(11-5-3-4-6-12-18)16-7-9-17(19)10-8-16/h7-10,15,20H,3-6,11-14H2,1-2H3. The molecular weight excluding hydrogens is 266 g/mol. The van der Waals surface area contributed by atoms with Crippen molar-refractivity contribution in [2.45, 2.75) is 57.8 Å². The first-order valence-electron chi connectivity index (χ1n) is 8.09. The van der Waals surface area contributed by atoms with Gasteiger partial charge in [-0.05, 0) is 43.0 Å². The molecule has 1 fully saturated rings. The van der Waals surface area contributed by atoms with E-state index in [0.29, 0.717) is 11.3 Å². The van der Waals surface area contributed by atoms with Crippen LogP contribution >= 0.6 is 11.6 Å². The highest BCUT2D eigenvalue weighted by Gasteiger charge is 2.32. The molecule has 0 aliphatic heterocycles. The van der Waals surface area contributed by atoms with Crippen LogP contribution in [0.5, 0.6) is 0 Å². The van der Waals surface area contributed by atoms with Crippen LogP contribution in [0.2, 0.25) is 5.02 Å². The molecule has 1 nitrogen and oxygen atoms in total. The van der Waals surface area contributed by atoms with Crippen molar-refractivity contribution in [3.63, 3.8) is 0 Å². The summed E-state index contributed by atoms with van der Waals surface area (Å²) in [7, 11) is 0. The molecule has 0 unspecified atom stereocenters. The Bertz CT molecular complexity index is 388. The zero-order valence-electron chi connectivity index (χ0n) is 12.9. The molecule has 0 radical (unpaired) electrons. The highest BCUT2D eigenvalue weighted by Crippen LogP contribution is 2.38. The van der Waals surface area contributed by atoms with Crippen LogP contribution in [-0.4, -0.2) is 13.1 Å². The first-order valence-corrected chi connectivity index (χ1v) is 8.47. The van der Waals surface area contributed by atoms with Crippen molar-refractivity contribution in [1.29, 1.82) is 0 Å². The second-order valence-electron chi connectivity index (χ2n) is 6.73. The lowest BCUT2D eigenvalue weighted by Crippen LogP contribution is -2.39. The van der Waals surface area contributed by atoms with Gasteiger partial charge in [0.15, 0.2) is 0 Å². The Morgan fingerprint density at radius 2 is 1.65 bits per heavy atom. The summed E-state index contributed by atoms with van der Waals surface area (Å²) in [5, 5.41) is 4.54. The zero-order chi connectivity index (χ0) is 14.4. The zero-order valence-corrected chi connectivity index (χ0v) is 13.7. The highest BCUT2D eigenvalue weighted by molar-refractivity contribution is 6.30. The number of hydrogen-bond donors (Lipinski definition) is 1. The molecule has 0 atom stereocenters. The smallest absolute Gasteiger partial charge is 0.0406 e. The lowest BCUT2D eigenvalue weighted by Gasteiger charge is -2.34. The number of halogens is 1. The van der Waals surface area contributed by atoms with E-state index in [4.69, 9.17) is 11.6 Å². The van der Waals surface area contributed by atoms with Crippen LogP contribution in [-0.2, 0) is 5.41 Å². The molecule has 1 aliphatic carbocycles. The fourth-order valence-electron chi connectivity index (χ4n) is 3.38. The molecule has 2 heteroatoms. The van der Waals surface area contributed by atoms with E-state index in [-0.39, 0.29) is 0 Å². The molecule has 0 aromatic heterocycles. The quantitative estimate of drug-likeness (QED) is 0.738. The number of nitrogens with one attached hydrogen (secondary N) is 1. The summed E-state index contributed by atoms with van der Waals surface area (Å²) in [6, 6.07) is 8.58. The van der Waals surface area contributed by atoms with Gasteiger partial charge in [0, 0.05) is 17.0 Å². The molecule has 0 amide bonds. The van der Waals surface area contributed by atoms with Crippen LogP contribution in [0.15, 0.2) is 24.3 Å². The van der Waals surface area contributed by atoms with E-state index in [9.17, 15) is 0 Å². The van der Waals surface area contributed by atoms with Crippen molar-refractivity contribution in [3.05, 3.63) is 34.9 Å². The van der Waals surface area contributed by atoms with Crippen molar-refractivity contribution in [2.24, 2.45) is 5.92 Å². The molecule has 0 spiro atoms. The third-order valence-corrected chi connectivity index (χ3v) is 4.79. The third-order valence-electron chi connectivity index (χ3n) is 4.53. The van der Waals surface area contributed by atoms with Crippen molar-refractivity contribution in [1.82, 2.24) is 5.32 Å². The molecule has 2 rings (SSSR count). The van der Waals surface area contributed by atoms with Gasteiger partial charge in [0.1, 0.15) is 0 Å². The maximum absolute atomic E-state index is 6.06. The van der Waals surface area contributed by atoms with Gasteiger partial charge in [-0.25, -0.2) is 0 Å². The first kappa shape index (κ1) is 15.9. The fourth-order valence-corrected chi connectivity index (χ4v) is 3.50. The molecule has 1 N–H and O–H groups in total. The molecule has 1 aromatic rings. The Hall–Kier alpha value is -0.530. The third kappa shape index (κ3) is 4.23. The summed E-state index contributed by atoms with van der Waals surface area (Å²) in [5.74, 6) is 0.711. The molecular formula is C18H28ClN. The maximum atomic E-state index is 6.06. The highest BCUT2D eigenvalue weighted by atomic mass is 35.5. The van der Waals surface area contributed by atoms with Gasteiger partial charge < -0.3 is 5.32 Å². The van der Waals surface area contributed by atoms with E-state index in [1.807, 2.05) is 12.1 Å². The van der Waals surface area contributed by atoms with Gasteiger partial charge in [0.05, 0.1) is 0 Å². The minimum Gasteiger partial charge on any atom is -0.316 e. The van der Waals surface area contributed by atoms with E-state index in [2.05, 4.69) is 31.3 Å². The van der Waals surface area contributed by atoms with Crippen molar-refractivity contribution in [2.75, 3.05) is 13.1 Å². The lowest BCUT2D eigenvalue weighted by atomic mass is 9.74. The Morgan fingerprint density at radius 1 is 1.05 bits per heavy atom. The number of rotatable bonds is 5. The Kier molecular flexibility index (Phi) is 5.92. The Balaban J connectivity index is 2.15. The minimum atomic E-state index is 0.315. The molecule has 20 heavy (non-hydrogen) atoms. The van der Waals surface area contributed by atoms with Crippen LogP contribution in [0, 0.1) is 5.92 Å². The van der Waals surface area contributed by atoms with Gasteiger partial charge in [-0.15, -0.1) is 0 Å². The average Bonchev–Trinajstić information content (AvgIpc) is 2.66. The van der Waals surface area contributed by atoms with Gasteiger partial charge in [-0.2, -0.15) is 0 Å². The normalized spacial score (nSPS) is 19.0. The van der Waals surface area contributed by atoms with E-state index in [1.165, 1.54) is 44.1 Å². The molecule has 1 aliphatic rings. The van der Waals surface area contributed by atoms with Gasteiger partial charge in [-0.3, -0.25) is 0 Å². The topological polar surface area (TPSA) is 12.0 Å². The van der Waals surface area contributed by atoms with Crippen LogP contribution < -0.4 is 5.32 Å². The second-order valence-corrected chi connectivity index (χ2v) is 7.16. The minimum absolute atomic E-state index is 0.315. The SMILES string of the molecule is CC(C)CNCC1(c2ccc(Cl)cc2)CCCCCC1. The lowest BCUT2D eigenvalue weighted by molar-refractivity contribution is 0.340.